The quantitative estimate of drug-likeness (QED) is 0.322. The molecule has 0 aliphatic rings. The second-order valence-corrected chi connectivity index (χ2v) is 3.90. The van der Waals surface area contributed by atoms with Gasteiger partial charge in [-0.3, -0.25) is 4.99 Å². The van der Waals surface area contributed by atoms with Crippen molar-refractivity contribution >= 4 is 29.9 Å². The Balaban J connectivity index is 0.00000361. The van der Waals surface area contributed by atoms with Crippen LogP contribution in [0.25, 0.3) is 0 Å². The van der Waals surface area contributed by atoms with Crippen molar-refractivity contribution in [3.05, 3.63) is 29.8 Å². The number of methoxy groups -OCH3 is 1. The third-order valence-electron chi connectivity index (χ3n) is 2.56. The fraction of sp³-hybridized carbons (Fsp3) is 0.500. The Labute approximate surface area is 138 Å². The number of halogens is 1. The van der Waals surface area contributed by atoms with E-state index in [9.17, 15) is 0 Å². The van der Waals surface area contributed by atoms with E-state index >= 15 is 0 Å². The molecule has 0 spiro atoms. The fourth-order valence-corrected chi connectivity index (χ4v) is 1.57. The van der Waals surface area contributed by atoms with E-state index in [1.807, 2.05) is 31.2 Å². The minimum atomic E-state index is 0. The van der Waals surface area contributed by atoms with Crippen LogP contribution in [0.1, 0.15) is 12.5 Å². The number of benzene rings is 1. The SMILES string of the molecule is CCOCCNC(=NC)NCc1cccc(OC)c1.I. The molecule has 0 saturated heterocycles. The van der Waals surface area contributed by atoms with Gasteiger partial charge in [-0.05, 0) is 24.6 Å². The Morgan fingerprint density at radius 2 is 2.10 bits per heavy atom. The molecule has 0 bridgehead atoms. The van der Waals surface area contributed by atoms with E-state index in [0.29, 0.717) is 13.2 Å². The number of guanidine groups is 1. The lowest BCUT2D eigenvalue weighted by atomic mass is 10.2. The first-order valence-corrected chi connectivity index (χ1v) is 6.45. The molecule has 0 saturated carbocycles. The predicted octanol–water partition coefficient (Wildman–Crippen LogP) is 2.01. The van der Waals surface area contributed by atoms with Crippen LogP contribution in [-0.4, -0.2) is 39.9 Å². The number of rotatable bonds is 7. The Kier molecular flexibility index (Phi) is 11.2. The predicted molar refractivity (Wildman–Crippen MR) is 93.1 cm³/mol. The van der Waals surface area contributed by atoms with Gasteiger partial charge >= 0.3 is 0 Å². The molecule has 0 atom stereocenters. The number of hydrogen-bond donors (Lipinski definition) is 2. The summed E-state index contributed by atoms with van der Waals surface area (Å²) in [5.74, 6) is 1.63. The Morgan fingerprint density at radius 3 is 2.75 bits per heavy atom. The minimum absolute atomic E-state index is 0. The van der Waals surface area contributed by atoms with E-state index in [1.54, 1.807) is 14.2 Å². The number of ether oxygens (including phenoxy) is 2. The van der Waals surface area contributed by atoms with Gasteiger partial charge in [-0.2, -0.15) is 0 Å². The molecule has 0 aliphatic carbocycles. The number of nitrogens with one attached hydrogen (secondary N) is 2. The summed E-state index contributed by atoms with van der Waals surface area (Å²) < 4.78 is 10.4. The van der Waals surface area contributed by atoms with Gasteiger partial charge in [0.05, 0.1) is 13.7 Å². The third-order valence-corrected chi connectivity index (χ3v) is 2.56. The summed E-state index contributed by atoms with van der Waals surface area (Å²) in [6, 6.07) is 7.95. The molecule has 2 N–H and O–H groups in total. The van der Waals surface area contributed by atoms with Gasteiger partial charge in [-0.15, -0.1) is 24.0 Å². The Bertz CT molecular complexity index is 400. The lowest BCUT2D eigenvalue weighted by Gasteiger charge is -2.12. The third kappa shape index (κ3) is 7.54. The molecule has 0 amide bonds. The van der Waals surface area contributed by atoms with Crippen molar-refractivity contribution in [1.82, 2.24) is 10.6 Å². The van der Waals surface area contributed by atoms with Gasteiger partial charge in [0.1, 0.15) is 5.75 Å². The largest absolute Gasteiger partial charge is 0.497 e. The van der Waals surface area contributed by atoms with E-state index in [4.69, 9.17) is 9.47 Å². The van der Waals surface area contributed by atoms with Crippen LogP contribution in [0.5, 0.6) is 5.75 Å². The maximum Gasteiger partial charge on any atom is 0.191 e. The van der Waals surface area contributed by atoms with Crippen molar-refractivity contribution in [1.29, 1.82) is 0 Å². The normalized spacial score (nSPS) is 10.7. The zero-order valence-corrected chi connectivity index (χ0v) is 14.6. The smallest absolute Gasteiger partial charge is 0.191 e. The topological polar surface area (TPSA) is 54.9 Å². The van der Waals surface area contributed by atoms with E-state index in [-0.39, 0.29) is 24.0 Å². The number of nitrogens with zero attached hydrogens (tertiary/aromatic N) is 1. The van der Waals surface area contributed by atoms with Crippen LogP contribution >= 0.6 is 24.0 Å². The highest BCUT2D eigenvalue weighted by atomic mass is 127. The first-order valence-electron chi connectivity index (χ1n) is 6.45. The van der Waals surface area contributed by atoms with E-state index < -0.39 is 0 Å². The molecule has 0 heterocycles. The Morgan fingerprint density at radius 1 is 1.30 bits per heavy atom. The summed E-state index contributed by atoms with van der Waals surface area (Å²) in [7, 11) is 3.42. The standard InChI is InChI=1S/C14H23N3O2.HI/c1-4-19-9-8-16-14(15-2)17-11-12-6-5-7-13(10-12)18-3;/h5-7,10H,4,8-9,11H2,1-3H3,(H2,15,16,17);1H. The highest BCUT2D eigenvalue weighted by Gasteiger charge is 1.99. The molecule has 114 valence electrons. The minimum Gasteiger partial charge on any atom is -0.497 e. The van der Waals surface area contributed by atoms with Gasteiger partial charge in [0, 0.05) is 26.7 Å². The van der Waals surface area contributed by atoms with Gasteiger partial charge in [-0.25, -0.2) is 0 Å². The van der Waals surface area contributed by atoms with Crippen LogP contribution in [0.2, 0.25) is 0 Å². The average molecular weight is 393 g/mol. The van der Waals surface area contributed by atoms with Crippen molar-refractivity contribution in [3.8, 4) is 5.75 Å². The van der Waals surface area contributed by atoms with Gasteiger partial charge in [0.25, 0.3) is 0 Å². The van der Waals surface area contributed by atoms with Gasteiger partial charge < -0.3 is 20.1 Å². The fourth-order valence-electron chi connectivity index (χ4n) is 1.57. The monoisotopic (exact) mass is 393 g/mol. The number of aliphatic imine (C=N–C) groups is 1. The molecular formula is C14H24IN3O2. The van der Waals surface area contributed by atoms with Crippen molar-refractivity contribution in [2.75, 3.05) is 33.9 Å². The summed E-state index contributed by atoms with van der Waals surface area (Å²) in [4.78, 5) is 4.15. The average Bonchev–Trinajstić information content (AvgIpc) is 2.47. The molecule has 0 fully saturated rings. The van der Waals surface area contributed by atoms with Gasteiger partial charge in [0.15, 0.2) is 5.96 Å². The van der Waals surface area contributed by atoms with Crippen LogP contribution < -0.4 is 15.4 Å². The highest BCUT2D eigenvalue weighted by Crippen LogP contribution is 2.11. The van der Waals surface area contributed by atoms with E-state index in [0.717, 1.165) is 30.4 Å². The molecule has 1 aromatic carbocycles. The molecule has 0 unspecified atom stereocenters. The molecule has 5 nitrogen and oxygen atoms in total. The summed E-state index contributed by atoms with van der Waals surface area (Å²) in [5, 5.41) is 6.43. The summed E-state index contributed by atoms with van der Waals surface area (Å²) >= 11 is 0. The van der Waals surface area contributed by atoms with Crippen molar-refractivity contribution in [3.63, 3.8) is 0 Å². The first kappa shape index (κ1) is 19.0. The molecule has 0 aromatic heterocycles. The highest BCUT2D eigenvalue weighted by molar-refractivity contribution is 14.0. The second-order valence-electron chi connectivity index (χ2n) is 3.90. The molecule has 1 rings (SSSR count). The van der Waals surface area contributed by atoms with E-state index in [1.165, 1.54) is 0 Å². The van der Waals surface area contributed by atoms with Crippen LogP contribution in [0.3, 0.4) is 0 Å². The molecule has 20 heavy (non-hydrogen) atoms. The lowest BCUT2D eigenvalue weighted by Crippen LogP contribution is -2.38. The van der Waals surface area contributed by atoms with Crippen LogP contribution in [0.4, 0.5) is 0 Å². The van der Waals surface area contributed by atoms with Crippen molar-refractivity contribution in [2.45, 2.75) is 13.5 Å². The summed E-state index contributed by atoms with van der Waals surface area (Å²) in [6.45, 7) is 4.83. The molecule has 0 radical (unpaired) electrons. The first-order chi connectivity index (χ1) is 9.30. The van der Waals surface area contributed by atoms with E-state index in [2.05, 4.69) is 15.6 Å². The molecule has 6 heteroatoms. The van der Waals surface area contributed by atoms with Crippen LogP contribution in [0, 0.1) is 0 Å². The Hall–Kier alpha value is -1.02. The van der Waals surface area contributed by atoms with Crippen LogP contribution in [-0.2, 0) is 11.3 Å². The summed E-state index contributed by atoms with van der Waals surface area (Å²) in [5.41, 5.74) is 1.15. The van der Waals surface area contributed by atoms with Crippen molar-refractivity contribution < 1.29 is 9.47 Å². The molecule has 0 aliphatic heterocycles. The summed E-state index contributed by atoms with van der Waals surface area (Å²) in [6.07, 6.45) is 0. The van der Waals surface area contributed by atoms with Gasteiger partial charge in [-0.1, -0.05) is 12.1 Å². The number of hydrogen-bond acceptors (Lipinski definition) is 3. The zero-order chi connectivity index (χ0) is 13.9. The second kappa shape index (κ2) is 11.8. The lowest BCUT2D eigenvalue weighted by molar-refractivity contribution is 0.152. The zero-order valence-electron chi connectivity index (χ0n) is 12.3. The van der Waals surface area contributed by atoms with Crippen LogP contribution in [0.15, 0.2) is 29.3 Å². The maximum atomic E-state index is 5.26. The molecule has 1 aromatic rings. The van der Waals surface area contributed by atoms with Crippen molar-refractivity contribution in [2.24, 2.45) is 4.99 Å². The molecular weight excluding hydrogens is 369 g/mol. The maximum absolute atomic E-state index is 5.26. The van der Waals surface area contributed by atoms with Gasteiger partial charge in [0.2, 0.25) is 0 Å².